The molecule has 2 aromatic heterocycles. The molecule has 0 saturated heterocycles. The number of hydrogen-bond donors (Lipinski definition) is 0. The number of carbonyl (C=O) groups is 2. The van der Waals surface area contributed by atoms with Crippen molar-refractivity contribution in [1.82, 2.24) is 4.40 Å². The van der Waals surface area contributed by atoms with Gasteiger partial charge in [-0.15, -0.1) is 0 Å². The third-order valence-corrected chi connectivity index (χ3v) is 4.23. The molecular formula is C22H15NO2. The van der Waals surface area contributed by atoms with Crippen LogP contribution in [-0.2, 0) is 0 Å². The van der Waals surface area contributed by atoms with E-state index in [0.717, 1.165) is 5.52 Å². The van der Waals surface area contributed by atoms with Crippen LogP contribution in [0.2, 0.25) is 0 Å². The highest BCUT2D eigenvalue weighted by Gasteiger charge is 2.20. The number of rotatable bonds is 4. The number of ketones is 2. The average Bonchev–Trinajstić information content (AvgIpc) is 3.08. The van der Waals surface area contributed by atoms with Crippen molar-refractivity contribution in [2.45, 2.75) is 0 Å². The average molecular weight is 325 g/mol. The van der Waals surface area contributed by atoms with E-state index in [9.17, 15) is 9.59 Å². The fourth-order valence-corrected chi connectivity index (χ4v) is 2.99. The van der Waals surface area contributed by atoms with Gasteiger partial charge >= 0.3 is 0 Å². The molecule has 3 nitrogen and oxygen atoms in total. The van der Waals surface area contributed by atoms with Crippen molar-refractivity contribution in [3.05, 3.63) is 114 Å². The molecule has 0 radical (unpaired) electrons. The molecule has 2 heterocycles. The Morgan fingerprint density at radius 2 is 1.20 bits per heavy atom. The SMILES string of the molecule is O=C(c1ccccc1)c1cc(C(=O)c2ccccc2)n2ccccc12. The van der Waals surface area contributed by atoms with Gasteiger partial charge < -0.3 is 4.40 Å². The quantitative estimate of drug-likeness (QED) is 0.522. The number of nitrogens with zero attached hydrogens (tertiary/aromatic N) is 1. The zero-order valence-corrected chi connectivity index (χ0v) is 13.4. The highest BCUT2D eigenvalue weighted by molar-refractivity contribution is 6.16. The number of carbonyl (C=O) groups excluding carboxylic acids is 2. The maximum absolute atomic E-state index is 12.9. The van der Waals surface area contributed by atoms with Crippen LogP contribution in [0.15, 0.2) is 91.1 Å². The van der Waals surface area contributed by atoms with Gasteiger partial charge in [0.05, 0.1) is 11.2 Å². The molecular weight excluding hydrogens is 310 g/mol. The molecule has 4 rings (SSSR count). The molecule has 2 aromatic carbocycles. The molecule has 0 aliphatic heterocycles. The molecule has 4 aromatic rings. The number of aromatic nitrogens is 1. The minimum absolute atomic E-state index is 0.0867. The van der Waals surface area contributed by atoms with E-state index < -0.39 is 0 Å². The van der Waals surface area contributed by atoms with E-state index in [4.69, 9.17) is 0 Å². The summed E-state index contributed by atoms with van der Waals surface area (Å²) in [5.41, 5.74) is 2.96. The Balaban J connectivity index is 1.88. The van der Waals surface area contributed by atoms with E-state index in [0.29, 0.717) is 22.4 Å². The van der Waals surface area contributed by atoms with Gasteiger partial charge in [-0.05, 0) is 18.2 Å². The lowest BCUT2D eigenvalue weighted by molar-refractivity contribution is 0.103. The zero-order chi connectivity index (χ0) is 17.2. The largest absolute Gasteiger partial charge is 0.313 e. The number of pyridine rings is 1. The Bertz CT molecular complexity index is 978. The van der Waals surface area contributed by atoms with Crippen LogP contribution in [0.5, 0.6) is 0 Å². The van der Waals surface area contributed by atoms with Gasteiger partial charge in [0.2, 0.25) is 5.78 Å². The van der Waals surface area contributed by atoms with Crippen molar-refractivity contribution in [3.8, 4) is 0 Å². The normalized spacial score (nSPS) is 10.7. The summed E-state index contributed by atoms with van der Waals surface area (Å²) in [5, 5.41) is 0. The van der Waals surface area contributed by atoms with Crippen LogP contribution in [0, 0.1) is 0 Å². The van der Waals surface area contributed by atoms with Gasteiger partial charge in [0.1, 0.15) is 0 Å². The number of benzene rings is 2. The van der Waals surface area contributed by atoms with Gasteiger partial charge in [0.15, 0.2) is 5.78 Å². The topological polar surface area (TPSA) is 38.5 Å². The highest BCUT2D eigenvalue weighted by atomic mass is 16.1. The Labute approximate surface area is 145 Å². The van der Waals surface area contributed by atoms with Gasteiger partial charge in [0, 0.05) is 22.9 Å². The maximum Gasteiger partial charge on any atom is 0.209 e. The third kappa shape index (κ3) is 2.66. The molecule has 0 aliphatic carbocycles. The van der Waals surface area contributed by atoms with Crippen LogP contribution in [0.1, 0.15) is 32.0 Å². The minimum atomic E-state index is -0.103. The van der Waals surface area contributed by atoms with Gasteiger partial charge in [0.25, 0.3) is 0 Å². The fraction of sp³-hybridized carbons (Fsp3) is 0. The van der Waals surface area contributed by atoms with Crippen molar-refractivity contribution in [2.75, 3.05) is 0 Å². The minimum Gasteiger partial charge on any atom is -0.313 e. The first kappa shape index (κ1) is 15.1. The predicted molar refractivity (Wildman–Crippen MR) is 97.1 cm³/mol. The zero-order valence-electron chi connectivity index (χ0n) is 13.4. The van der Waals surface area contributed by atoms with Crippen LogP contribution in [0.25, 0.3) is 5.52 Å². The van der Waals surface area contributed by atoms with E-state index in [-0.39, 0.29) is 11.6 Å². The summed E-state index contributed by atoms with van der Waals surface area (Å²) in [6, 6.07) is 25.5. The van der Waals surface area contributed by atoms with Crippen LogP contribution < -0.4 is 0 Å². The third-order valence-electron chi connectivity index (χ3n) is 4.23. The maximum atomic E-state index is 12.9. The van der Waals surface area contributed by atoms with E-state index in [1.54, 1.807) is 34.7 Å². The number of fused-ring (bicyclic) bond motifs is 1. The summed E-state index contributed by atoms with van der Waals surface area (Å²) < 4.78 is 1.78. The monoisotopic (exact) mass is 325 g/mol. The summed E-state index contributed by atoms with van der Waals surface area (Å²) in [4.78, 5) is 25.8. The van der Waals surface area contributed by atoms with E-state index in [2.05, 4.69) is 0 Å². The molecule has 25 heavy (non-hydrogen) atoms. The van der Waals surface area contributed by atoms with Crippen molar-refractivity contribution in [3.63, 3.8) is 0 Å². The molecule has 0 fully saturated rings. The highest BCUT2D eigenvalue weighted by Crippen LogP contribution is 2.22. The van der Waals surface area contributed by atoms with Gasteiger partial charge in [-0.1, -0.05) is 66.7 Å². The molecule has 0 saturated carbocycles. The molecule has 0 bridgehead atoms. The predicted octanol–water partition coefficient (Wildman–Crippen LogP) is 4.40. The van der Waals surface area contributed by atoms with Crippen molar-refractivity contribution in [2.24, 2.45) is 0 Å². The van der Waals surface area contributed by atoms with Gasteiger partial charge in [-0.3, -0.25) is 9.59 Å². The first-order valence-corrected chi connectivity index (χ1v) is 8.05. The molecule has 0 aliphatic rings. The first-order chi connectivity index (χ1) is 12.3. The lowest BCUT2D eigenvalue weighted by Gasteiger charge is -2.02. The standard InChI is InChI=1S/C22H15NO2/c24-21(16-9-3-1-4-10-16)18-15-20(23-14-8-7-13-19(18)23)22(25)17-11-5-2-6-12-17/h1-15H. The lowest BCUT2D eigenvalue weighted by Crippen LogP contribution is -2.04. The summed E-state index contributed by atoms with van der Waals surface area (Å²) in [6.45, 7) is 0. The van der Waals surface area contributed by atoms with Gasteiger partial charge in [-0.2, -0.15) is 0 Å². The second-order valence-corrected chi connectivity index (χ2v) is 5.79. The smallest absolute Gasteiger partial charge is 0.209 e. The van der Waals surface area contributed by atoms with Crippen LogP contribution >= 0.6 is 0 Å². The molecule has 0 atom stereocenters. The van der Waals surface area contributed by atoms with E-state index in [1.807, 2.05) is 60.8 Å². The van der Waals surface area contributed by atoms with E-state index >= 15 is 0 Å². The molecule has 0 unspecified atom stereocenters. The molecule has 120 valence electrons. The second kappa shape index (κ2) is 6.21. The van der Waals surface area contributed by atoms with Crippen LogP contribution in [0.4, 0.5) is 0 Å². The summed E-state index contributed by atoms with van der Waals surface area (Å²) in [6.07, 6.45) is 1.81. The van der Waals surface area contributed by atoms with Crippen molar-refractivity contribution >= 4 is 17.1 Å². The Morgan fingerprint density at radius 1 is 0.640 bits per heavy atom. The van der Waals surface area contributed by atoms with Crippen molar-refractivity contribution < 1.29 is 9.59 Å². The molecule has 3 heteroatoms. The molecule has 0 amide bonds. The Hall–Kier alpha value is -3.46. The molecule has 0 spiro atoms. The summed E-state index contributed by atoms with van der Waals surface area (Å²) in [7, 11) is 0. The summed E-state index contributed by atoms with van der Waals surface area (Å²) >= 11 is 0. The van der Waals surface area contributed by atoms with Crippen LogP contribution in [0.3, 0.4) is 0 Å². The van der Waals surface area contributed by atoms with Gasteiger partial charge in [-0.25, -0.2) is 0 Å². The number of hydrogen-bond acceptors (Lipinski definition) is 2. The van der Waals surface area contributed by atoms with E-state index in [1.165, 1.54) is 0 Å². The second-order valence-electron chi connectivity index (χ2n) is 5.79. The first-order valence-electron chi connectivity index (χ1n) is 8.05. The Kier molecular flexibility index (Phi) is 3.75. The van der Waals surface area contributed by atoms with Crippen LogP contribution in [-0.4, -0.2) is 16.0 Å². The fourth-order valence-electron chi connectivity index (χ4n) is 2.99. The Morgan fingerprint density at radius 3 is 1.84 bits per heavy atom. The lowest BCUT2D eigenvalue weighted by atomic mass is 10.0. The summed E-state index contributed by atoms with van der Waals surface area (Å²) in [5.74, 6) is -0.190. The van der Waals surface area contributed by atoms with Crippen molar-refractivity contribution in [1.29, 1.82) is 0 Å². The molecule has 0 N–H and O–H groups in total.